The van der Waals surface area contributed by atoms with E-state index in [1.165, 1.54) is 5.56 Å². The Hall–Kier alpha value is -1.42. The average molecular weight is 234 g/mol. The maximum atomic E-state index is 10.2. The molecule has 0 N–H and O–H groups in total. The van der Waals surface area contributed by atoms with Crippen LogP contribution in [0.4, 0.5) is 0 Å². The summed E-state index contributed by atoms with van der Waals surface area (Å²) in [5.41, 5.74) is 1.26. The van der Waals surface area contributed by atoms with Crippen LogP contribution in [-0.4, -0.2) is 26.1 Å². The summed E-state index contributed by atoms with van der Waals surface area (Å²) >= 11 is 0. The molecule has 0 aliphatic rings. The summed E-state index contributed by atoms with van der Waals surface area (Å²) < 4.78 is 2.11. The molecule has 0 spiro atoms. The number of benzene rings is 1. The van der Waals surface area contributed by atoms with Crippen molar-refractivity contribution in [3.05, 3.63) is 35.9 Å². The van der Waals surface area contributed by atoms with Crippen LogP contribution in [0, 0.1) is 0 Å². The van der Waals surface area contributed by atoms with Gasteiger partial charge >= 0.3 is 0 Å². The second-order valence-electron chi connectivity index (χ2n) is 3.88. The molecule has 3 nitrogen and oxygen atoms in total. The Kier molecular flexibility index (Phi) is 5.49. The van der Waals surface area contributed by atoms with Gasteiger partial charge in [0.25, 0.3) is 0 Å². The highest BCUT2D eigenvalue weighted by Gasteiger charge is 2.07. The maximum absolute atomic E-state index is 10.2. The highest BCUT2D eigenvalue weighted by molar-refractivity contribution is 6.52. The number of rotatable bonds is 6. The third-order valence-corrected chi connectivity index (χ3v) is 3.72. The van der Waals surface area contributed by atoms with Crippen molar-refractivity contribution in [2.24, 2.45) is 5.10 Å². The molecule has 0 amide bonds. The highest BCUT2D eigenvalue weighted by Crippen LogP contribution is 2.06. The van der Waals surface area contributed by atoms with E-state index in [1.54, 1.807) is 6.21 Å². The lowest BCUT2D eigenvalue weighted by Crippen LogP contribution is -2.29. The number of nitrogens with zero attached hydrogens (tertiary/aromatic N) is 2. The highest BCUT2D eigenvalue weighted by atomic mass is 28.3. The first-order valence-corrected chi connectivity index (χ1v) is 8.33. The van der Waals surface area contributed by atoms with Gasteiger partial charge in [0.15, 0.2) is 8.96 Å². The normalized spacial score (nSPS) is 10.9. The second-order valence-corrected chi connectivity index (χ2v) is 6.66. The molecular formula is C12H18N2OSi. The van der Waals surface area contributed by atoms with Gasteiger partial charge in [0.05, 0.1) is 6.54 Å². The quantitative estimate of drug-likeness (QED) is 0.326. The fraction of sp³-hybridized carbons (Fsp3) is 0.333. The predicted octanol–water partition coefficient (Wildman–Crippen LogP) is 2.05. The van der Waals surface area contributed by atoms with Gasteiger partial charge < -0.3 is 9.47 Å². The lowest BCUT2D eigenvalue weighted by atomic mass is 10.2. The number of aldehydes is 1. The molecule has 0 radical (unpaired) electrons. The molecule has 0 atom stereocenters. The Bertz CT molecular complexity index is 338. The fourth-order valence-electron chi connectivity index (χ4n) is 1.32. The molecule has 0 bridgehead atoms. The van der Waals surface area contributed by atoms with Crippen molar-refractivity contribution in [1.82, 2.24) is 4.67 Å². The van der Waals surface area contributed by atoms with E-state index < -0.39 is 8.96 Å². The van der Waals surface area contributed by atoms with Crippen molar-refractivity contribution in [3.8, 4) is 0 Å². The molecule has 0 aromatic heterocycles. The van der Waals surface area contributed by atoms with Crippen molar-refractivity contribution in [2.75, 3.05) is 0 Å². The molecule has 0 heterocycles. The third-order valence-electron chi connectivity index (χ3n) is 2.22. The Balaban J connectivity index is 2.61. The molecule has 0 aliphatic carbocycles. The van der Waals surface area contributed by atoms with E-state index in [1.807, 2.05) is 18.2 Å². The van der Waals surface area contributed by atoms with E-state index in [-0.39, 0.29) is 0 Å². The zero-order valence-corrected chi connectivity index (χ0v) is 11.0. The lowest BCUT2D eigenvalue weighted by Gasteiger charge is -2.22. The molecular weight excluding hydrogens is 216 g/mol. The first kappa shape index (κ1) is 12.6. The van der Waals surface area contributed by atoms with Crippen LogP contribution >= 0.6 is 0 Å². The molecule has 1 aromatic carbocycles. The van der Waals surface area contributed by atoms with Gasteiger partial charge in [-0.25, -0.2) is 0 Å². The van der Waals surface area contributed by atoms with Crippen LogP contribution < -0.4 is 0 Å². The molecule has 4 heteroatoms. The molecule has 0 aliphatic heterocycles. The predicted molar refractivity (Wildman–Crippen MR) is 70.0 cm³/mol. The first-order chi connectivity index (χ1) is 7.74. The van der Waals surface area contributed by atoms with Gasteiger partial charge in [-0.1, -0.05) is 43.4 Å². The zero-order valence-electron chi connectivity index (χ0n) is 9.84. The summed E-state index contributed by atoms with van der Waals surface area (Å²) in [6.45, 7) is 5.28. The van der Waals surface area contributed by atoms with Crippen LogP contribution in [0.25, 0.3) is 0 Å². The van der Waals surface area contributed by atoms with Crippen LogP contribution in [-0.2, 0) is 11.3 Å². The number of hydrogen-bond donors (Lipinski definition) is 0. The number of carbonyl (C=O) groups is 1. The Morgan fingerprint density at radius 2 is 2.00 bits per heavy atom. The Morgan fingerprint density at radius 1 is 1.31 bits per heavy atom. The Morgan fingerprint density at radius 3 is 2.56 bits per heavy atom. The van der Waals surface area contributed by atoms with E-state index in [2.05, 4.69) is 35.0 Å². The van der Waals surface area contributed by atoms with Crippen LogP contribution in [0.3, 0.4) is 0 Å². The maximum Gasteiger partial charge on any atom is 0.157 e. The van der Waals surface area contributed by atoms with Crippen LogP contribution in [0.1, 0.15) is 12.0 Å². The average Bonchev–Trinajstić information content (AvgIpc) is 2.29. The summed E-state index contributed by atoms with van der Waals surface area (Å²) in [6, 6.07) is 10.3. The standard InChI is InChI=1S/C12H18N2OSi/c1-16(2)14(13-9-6-10-15)11-12-7-4-3-5-8-12/h3-5,7-10,16H,6,11H2,1-2H3. The summed E-state index contributed by atoms with van der Waals surface area (Å²) in [5.74, 6) is 0. The smallest absolute Gasteiger partial charge is 0.157 e. The van der Waals surface area contributed by atoms with E-state index in [4.69, 9.17) is 0 Å². The third kappa shape index (κ3) is 4.40. The molecule has 16 heavy (non-hydrogen) atoms. The minimum absolute atomic E-state index is 0.395. The molecule has 1 aromatic rings. The van der Waals surface area contributed by atoms with Gasteiger partial charge in [-0.2, -0.15) is 5.10 Å². The molecule has 86 valence electrons. The zero-order chi connectivity index (χ0) is 11.8. The van der Waals surface area contributed by atoms with Crippen molar-refractivity contribution in [1.29, 1.82) is 0 Å². The van der Waals surface area contributed by atoms with Gasteiger partial charge in [0.2, 0.25) is 0 Å². The first-order valence-electron chi connectivity index (χ1n) is 5.50. The van der Waals surface area contributed by atoms with Gasteiger partial charge in [0.1, 0.15) is 6.29 Å². The van der Waals surface area contributed by atoms with Gasteiger partial charge in [-0.05, 0) is 5.56 Å². The minimum atomic E-state index is -0.978. The van der Waals surface area contributed by atoms with Crippen LogP contribution in [0.5, 0.6) is 0 Å². The largest absolute Gasteiger partial charge is 0.324 e. The van der Waals surface area contributed by atoms with Crippen LogP contribution in [0.2, 0.25) is 13.1 Å². The SMILES string of the molecule is C[SiH](C)N(Cc1ccccc1)N=CCC=O. The molecule has 0 unspecified atom stereocenters. The van der Waals surface area contributed by atoms with E-state index in [9.17, 15) is 4.79 Å². The van der Waals surface area contributed by atoms with Crippen molar-refractivity contribution >= 4 is 21.5 Å². The molecule has 0 fully saturated rings. The second kappa shape index (κ2) is 6.95. The topological polar surface area (TPSA) is 32.7 Å². The van der Waals surface area contributed by atoms with Gasteiger partial charge in [0, 0.05) is 12.6 Å². The number of carbonyl (C=O) groups excluding carboxylic acids is 1. The Labute approximate surface area is 98.5 Å². The summed E-state index contributed by atoms with van der Waals surface area (Å²) in [4.78, 5) is 10.2. The number of hydrazone groups is 1. The van der Waals surface area contributed by atoms with Crippen LogP contribution in [0.15, 0.2) is 35.4 Å². The van der Waals surface area contributed by atoms with Crippen molar-refractivity contribution < 1.29 is 4.79 Å². The van der Waals surface area contributed by atoms with Crippen molar-refractivity contribution in [2.45, 2.75) is 26.1 Å². The van der Waals surface area contributed by atoms with Gasteiger partial charge in [-0.3, -0.25) is 0 Å². The molecule has 1 rings (SSSR count). The minimum Gasteiger partial charge on any atom is -0.324 e. The van der Waals surface area contributed by atoms with E-state index in [0.29, 0.717) is 6.42 Å². The van der Waals surface area contributed by atoms with Crippen molar-refractivity contribution in [3.63, 3.8) is 0 Å². The van der Waals surface area contributed by atoms with E-state index in [0.717, 1.165) is 12.8 Å². The summed E-state index contributed by atoms with van der Waals surface area (Å²) in [7, 11) is -0.978. The monoisotopic (exact) mass is 234 g/mol. The summed E-state index contributed by atoms with van der Waals surface area (Å²) in [5, 5.41) is 4.35. The number of hydrogen-bond acceptors (Lipinski definition) is 3. The van der Waals surface area contributed by atoms with Gasteiger partial charge in [-0.15, -0.1) is 0 Å². The molecule has 0 saturated carbocycles. The summed E-state index contributed by atoms with van der Waals surface area (Å²) in [6.07, 6.45) is 2.95. The molecule has 0 saturated heterocycles. The van der Waals surface area contributed by atoms with E-state index >= 15 is 0 Å². The fourth-order valence-corrected chi connectivity index (χ4v) is 2.26. The lowest BCUT2D eigenvalue weighted by molar-refractivity contribution is -0.106.